The van der Waals surface area contributed by atoms with Crippen molar-refractivity contribution < 1.29 is 9.59 Å². The van der Waals surface area contributed by atoms with E-state index < -0.39 is 0 Å². The zero-order valence-corrected chi connectivity index (χ0v) is 15.8. The van der Waals surface area contributed by atoms with Crippen LogP contribution in [-0.2, 0) is 4.79 Å². The number of rotatable bonds is 3. The molecule has 4 nitrogen and oxygen atoms in total. The molecule has 2 aromatic carbocycles. The molecule has 1 saturated carbocycles. The number of hydrogen-bond acceptors (Lipinski definition) is 2. The van der Waals surface area contributed by atoms with Crippen molar-refractivity contribution in [2.75, 3.05) is 13.1 Å². The number of nitrogens with one attached hydrogen (secondary N) is 1. The molecule has 2 aliphatic rings. The van der Waals surface area contributed by atoms with Crippen LogP contribution >= 0.6 is 0 Å². The van der Waals surface area contributed by atoms with E-state index in [2.05, 4.69) is 11.4 Å². The summed E-state index contributed by atoms with van der Waals surface area (Å²) in [6.45, 7) is 1.42. The van der Waals surface area contributed by atoms with Crippen LogP contribution in [0.5, 0.6) is 0 Å². The smallest absolute Gasteiger partial charge is 0.253 e. The van der Waals surface area contributed by atoms with Crippen molar-refractivity contribution in [2.45, 2.75) is 51.0 Å². The van der Waals surface area contributed by atoms with E-state index in [0.717, 1.165) is 42.0 Å². The van der Waals surface area contributed by atoms with Gasteiger partial charge >= 0.3 is 0 Å². The number of carbonyl (C=O) groups is 2. The average molecular weight is 364 g/mol. The fraction of sp³-hybridized carbons (Fsp3) is 0.478. The molecule has 0 bridgehead atoms. The molecule has 1 saturated heterocycles. The normalized spacial score (nSPS) is 19.2. The highest BCUT2D eigenvalue weighted by Gasteiger charge is 2.27. The summed E-state index contributed by atoms with van der Waals surface area (Å²) in [6, 6.07) is 14.2. The molecule has 1 N–H and O–H groups in total. The Bertz CT molecular complexity index is 818. The van der Waals surface area contributed by atoms with Gasteiger partial charge in [-0.15, -0.1) is 0 Å². The van der Waals surface area contributed by atoms with Crippen molar-refractivity contribution in [2.24, 2.45) is 5.92 Å². The highest BCUT2D eigenvalue weighted by Crippen LogP contribution is 2.24. The molecule has 1 heterocycles. The fourth-order valence-corrected chi connectivity index (χ4v) is 4.42. The van der Waals surface area contributed by atoms with Crippen LogP contribution in [0.1, 0.15) is 55.3 Å². The minimum atomic E-state index is 0.0952. The van der Waals surface area contributed by atoms with Crippen LogP contribution in [0.4, 0.5) is 0 Å². The third kappa shape index (κ3) is 4.15. The predicted octanol–water partition coefficient (Wildman–Crippen LogP) is 4.14. The van der Waals surface area contributed by atoms with Crippen molar-refractivity contribution in [3.05, 3.63) is 48.0 Å². The molecule has 2 amide bonds. The van der Waals surface area contributed by atoms with Crippen LogP contribution in [-0.4, -0.2) is 35.8 Å². The van der Waals surface area contributed by atoms with Gasteiger partial charge in [-0.3, -0.25) is 9.59 Å². The Morgan fingerprint density at radius 1 is 0.852 bits per heavy atom. The number of piperidine rings is 1. The third-order valence-corrected chi connectivity index (χ3v) is 6.10. The molecule has 0 unspecified atom stereocenters. The van der Waals surface area contributed by atoms with E-state index in [1.165, 1.54) is 19.3 Å². The second-order valence-electron chi connectivity index (χ2n) is 7.97. The van der Waals surface area contributed by atoms with Gasteiger partial charge in [0, 0.05) is 30.6 Å². The van der Waals surface area contributed by atoms with E-state index in [-0.39, 0.29) is 23.8 Å². The van der Waals surface area contributed by atoms with Gasteiger partial charge in [0.25, 0.3) is 5.91 Å². The third-order valence-electron chi connectivity index (χ3n) is 6.10. The van der Waals surface area contributed by atoms with Gasteiger partial charge in [-0.25, -0.2) is 0 Å². The lowest BCUT2D eigenvalue weighted by Crippen LogP contribution is -2.48. The Kier molecular flexibility index (Phi) is 5.42. The molecule has 2 fully saturated rings. The quantitative estimate of drug-likeness (QED) is 0.890. The van der Waals surface area contributed by atoms with Crippen LogP contribution in [0.3, 0.4) is 0 Å². The molecule has 142 valence electrons. The molecule has 27 heavy (non-hydrogen) atoms. The summed E-state index contributed by atoms with van der Waals surface area (Å²) in [5, 5.41) is 5.48. The maximum absolute atomic E-state index is 12.9. The summed E-state index contributed by atoms with van der Waals surface area (Å²) >= 11 is 0. The second kappa shape index (κ2) is 8.12. The van der Waals surface area contributed by atoms with Gasteiger partial charge in [0.15, 0.2) is 0 Å². The molecular formula is C23H28N2O2. The number of amides is 2. The second-order valence-corrected chi connectivity index (χ2v) is 7.97. The van der Waals surface area contributed by atoms with E-state index in [9.17, 15) is 9.59 Å². The van der Waals surface area contributed by atoms with Gasteiger partial charge in [0.1, 0.15) is 0 Å². The predicted molar refractivity (Wildman–Crippen MR) is 108 cm³/mol. The minimum Gasteiger partial charge on any atom is -0.353 e. The van der Waals surface area contributed by atoms with E-state index in [4.69, 9.17) is 0 Å². The van der Waals surface area contributed by atoms with Gasteiger partial charge in [0.2, 0.25) is 5.91 Å². The number of benzene rings is 2. The number of carbonyl (C=O) groups excluding carboxylic acids is 2. The van der Waals surface area contributed by atoms with E-state index in [0.29, 0.717) is 13.1 Å². The Morgan fingerprint density at radius 3 is 2.30 bits per heavy atom. The first-order valence-corrected chi connectivity index (χ1v) is 10.3. The Labute approximate surface area is 160 Å². The maximum Gasteiger partial charge on any atom is 0.253 e. The Balaban J connectivity index is 1.32. The summed E-state index contributed by atoms with van der Waals surface area (Å²) in [6.07, 6.45) is 7.37. The molecule has 0 aromatic heterocycles. The van der Waals surface area contributed by atoms with Gasteiger partial charge < -0.3 is 10.2 Å². The van der Waals surface area contributed by atoms with Crippen molar-refractivity contribution in [1.82, 2.24) is 10.2 Å². The van der Waals surface area contributed by atoms with Crippen LogP contribution in [0.15, 0.2) is 42.5 Å². The number of hydrogen-bond donors (Lipinski definition) is 1. The van der Waals surface area contributed by atoms with Crippen LogP contribution < -0.4 is 5.32 Å². The first-order valence-electron chi connectivity index (χ1n) is 10.3. The Morgan fingerprint density at radius 2 is 1.56 bits per heavy atom. The van der Waals surface area contributed by atoms with Crippen molar-refractivity contribution in [3.63, 3.8) is 0 Å². The van der Waals surface area contributed by atoms with Gasteiger partial charge in [-0.05, 0) is 48.6 Å². The van der Waals surface area contributed by atoms with Crippen molar-refractivity contribution in [3.8, 4) is 0 Å². The largest absolute Gasteiger partial charge is 0.353 e. The molecule has 0 spiro atoms. The van der Waals surface area contributed by atoms with Crippen LogP contribution in [0.2, 0.25) is 0 Å². The highest BCUT2D eigenvalue weighted by atomic mass is 16.2. The number of fused-ring (bicyclic) bond motifs is 1. The molecule has 1 aliphatic carbocycles. The SMILES string of the molecule is O=C(NC1CCN(C(=O)c2ccc3ccccc3c2)CC1)C1CCCCC1. The van der Waals surface area contributed by atoms with Gasteiger partial charge in [-0.2, -0.15) is 0 Å². The van der Waals surface area contributed by atoms with E-state index in [1.807, 2.05) is 41.3 Å². The molecule has 1 aliphatic heterocycles. The summed E-state index contributed by atoms with van der Waals surface area (Å²) in [5.74, 6) is 0.530. The Hall–Kier alpha value is -2.36. The molecule has 0 radical (unpaired) electrons. The lowest BCUT2D eigenvalue weighted by atomic mass is 9.88. The molecule has 2 aromatic rings. The topological polar surface area (TPSA) is 49.4 Å². The van der Waals surface area contributed by atoms with Gasteiger partial charge in [-0.1, -0.05) is 49.6 Å². The first kappa shape index (κ1) is 18.0. The standard InChI is InChI=1S/C23H28N2O2/c26-22(18-7-2-1-3-8-18)24-21-12-14-25(15-13-21)23(27)20-11-10-17-6-4-5-9-19(17)16-20/h4-6,9-11,16,18,21H,1-3,7-8,12-15H2,(H,24,26). The van der Waals surface area contributed by atoms with Gasteiger partial charge in [0.05, 0.1) is 0 Å². The number of nitrogens with zero attached hydrogens (tertiary/aromatic N) is 1. The first-order chi connectivity index (χ1) is 13.2. The lowest BCUT2D eigenvalue weighted by Gasteiger charge is -2.33. The molecule has 4 rings (SSSR count). The minimum absolute atomic E-state index is 0.0952. The summed E-state index contributed by atoms with van der Waals surface area (Å²) in [5.41, 5.74) is 0.749. The average Bonchev–Trinajstić information content (AvgIpc) is 2.74. The summed E-state index contributed by atoms with van der Waals surface area (Å²) in [4.78, 5) is 27.2. The molecule has 4 heteroatoms. The monoisotopic (exact) mass is 364 g/mol. The highest BCUT2D eigenvalue weighted by molar-refractivity contribution is 5.98. The zero-order chi connectivity index (χ0) is 18.6. The van der Waals surface area contributed by atoms with Crippen molar-refractivity contribution in [1.29, 1.82) is 0 Å². The number of likely N-dealkylation sites (tertiary alicyclic amines) is 1. The fourth-order valence-electron chi connectivity index (χ4n) is 4.42. The zero-order valence-electron chi connectivity index (χ0n) is 15.8. The summed E-state index contributed by atoms with van der Waals surface area (Å²) in [7, 11) is 0. The lowest BCUT2D eigenvalue weighted by molar-refractivity contribution is -0.126. The summed E-state index contributed by atoms with van der Waals surface area (Å²) < 4.78 is 0. The van der Waals surface area contributed by atoms with Crippen LogP contribution in [0, 0.1) is 5.92 Å². The maximum atomic E-state index is 12.9. The van der Waals surface area contributed by atoms with Crippen LogP contribution in [0.25, 0.3) is 10.8 Å². The van der Waals surface area contributed by atoms with Crippen molar-refractivity contribution >= 4 is 22.6 Å². The molecular weight excluding hydrogens is 336 g/mol. The van der Waals surface area contributed by atoms with E-state index >= 15 is 0 Å². The molecule has 0 atom stereocenters. The van der Waals surface area contributed by atoms with E-state index in [1.54, 1.807) is 0 Å².